The van der Waals surface area contributed by atoms with E-state index in [1.807, 2.05) is 31.2 Å². The van der Waals surface area contributed by atoms with Crippen LogP contribution >= 0.6 is 11.6 Å². The molecule has 128 valence electrons. The molecule has 0 bridgehead atoms. The number of rotatable bonds is 1. The quantitative estimate of drug-likeness (QED) is 0.595. The number of amides is 1. The van der Waals surface area contributed by atoms with Crippen LogP contribution in [-0.2, 0) is 10.2 Å². The highest BCUT2D eigenvalue weighted by atomic mass is 35.5. The van der Waals surface area contributed by atoms with Crippen LogP contribution in [0.15, 0.2) is 48.1 Å². The van der Waals surface area contributed by atoms with Crippen LogP contribution in [0.25, 0.3) is 0 Å². The van der Waals surface area contributed by atoms with E-state index in [2.05, 4.69) is 31.8 Å². The number of benzene rings is 1. The third-order valence-electron chi connectivity index (χ3n) is 6.95. The van der Waals surface area contributed by atoms with E-state index in [9.17, 15) is 10.1 Å². The molecule has 1 aromatic carbocycles. The highest BCUT2D eigenvalue weighted by Crippen LogP contribution is 2.73. The molecule has 0 radical (unpaired) electrons. The summed E-state index contributed by atoms with van der Waals surface area (Å²) in [5, 5.41) is 12.8. The minimum atomic E-state index is -0.791. The summed E-state index contributed by atoms with van der Waals surface area (Å²) in [6.07, 6.45) is 2.51. The van der Waals surface area contributed by atoms with Gasteiger partial charge in [-0.05, 0) is 41.9 Å². The maximum Gasteiger partial charge on any atom is 0.239 e. The molecule has 4 atom stereocenters. The van der Waals surface area contributed by atoms with Crippen LogP contribution < -0.4 is 5.32 Å². The van der Waals surface area contributed by atoms with Crippen molar-refractivity contribution in [3.63, 3.8) is 0 Å². The Kier molecular flexibility index (Phi) is 3.13. The molecule has 1 aromatic rings. The first-order valence-electron chi connectivity index (χ1n) is 8.60. The summed E-state index contributed by atoms with van der Waals surface area (Å²) in [5.74, 6) is 0.0896. The Balaban J connectivity index is 2.09. The van der Waals surface area contributed by atoms with E-state index in [0.717, 1.165) is 23.2 Å². The molecule has 1 amide bonds. The third kappa shape index (κ3) is 1.56. The van der Waals surface area contributed by atoms with Crippen molar-refractivity contribution in [3.8, 4) is 6.07 Å². The summed E-state index contributed by atoms with van der Waals surface area (Å²) in [6, 6.07) is 10.2. The number of anilines is 1. The fourth-order valence-corrected chi connectivity index (χ4v) is 5.78. The van der Waals surface area contributed by atoms with Crippen molar-refractivity contribution in [1.29, 1.82) is 5.26 Å². The number of nitrogens with one attached hydrogen (secondary N) is 1. The molecule has 4 heteroatoms. The Labute approximate surface area is 153 Å². The zero-order chi connectivity index (χ0) is 18.2. The van der Waals surface area contributed by atoms with Crippen molar-refractivity contribution in [2.24, 2.45) is 16.7 Å². The van der Waals surface area contributed by atoms with Gasteiger partial charge in [0.05, 0.1) is 6.07 Å². The number of carbonyl (C=O) groups excluding carboxylic acids is 1. The smallest absolute Gasteiger partial charge is 0.239 e. The van der Waals surface area contributed by atoms with Crippen molar-refractivity contribution in [2.75, 3.05) is 5.32 Å². The summed E-state index contributed by atoms with van der Waals surface area (Å²) >= 11 is 6.69. The van der Waals surface area contributed by atoms with E-state index in [0.29, 0.717) is 5.57 Å². The fraction of sp³-hybridized carbons (Fsp3) is 0.429. The van der Waals surface area contributed by atoms with Gasteiger partial charge in [-0.2, -0.15) is 5.26 Å². The van der Waals surface area contributed by atoms with Gasteiger partial charge in [-0.15, -0.1) is 18.2 Å². The molecule has 3 aliphatic rings. The molecule has 1 fully saturated rings. The van der Waals surface area contributed by atoms with Crippen LogP contribution in [0.2, 0.25) is 0 Å². The van der Waals surface area contributed by atoms with E-state index >= 15 is 0 Å². The monoisotopic (exact) mass is 352 g/mol. The first-order chi connectivity index (χ1) is 11.8. The second-order valence-electron chi connectivity index (χ2n) is 8.11. The van der Waals surface area contributed by atoms with E-state index in [-0.39, 0.29) is 22.6 Å². The van der Waals surface area contributed by atoms with Crippen LogP contribution in [0.1, 0.15) is 32.8 Å². The number of hydrogen-bond donors (Lipinski definition) is 1. The van der Waals surface area contributed by atoms with E-state index in [1.54, 1.807) is 6.08 Å². The summed E-state index contributed by atoms with van der Waals surface area (Å²) in [7, 11) is 0. The van der Waals surface area contributed by atoms with Gasteiger partial charge in [-0.25, -0.2) is 0 Å². The van der Waals surface area contributed by atoms with Gasteiger partial charge in [0, 0.05) is 22.1 Å². The maximum absolute atomic E-state index is 13.2. The molecular weight excluding hydrogens is 332 g/mol. The lowest BCUT2D eigenvalue weighted by Gasteiger charge is -2.65. The zero-order valence-electron chi connectivity index (χ0n) is 14.7. The van der Waals surface area contributed by atoms with Gasteiger partial charge < -0.3 is 5.32 Å². The van der Waals surface area contributed by atoms with Gasteiger partial charge in [-0.1, -0.05) is 38.1 Å². The molecule has 1 aliphatic heterocycles. The molecule has 3 nitrogen and oxygen atoms in total. The van der Waals surface area contributed by atoms with E-state index in [4.69, 9.17) is 11.6 Å². The summed E-state index contributed by atoms with van der Waals surface area (Å²) < 4.78 is 0. The molecule has 1 spiro atoms. The van der Waals surface area contributed by atoms with Gasteiger partial charge in [0.15, 0.2) is 0 Å². The highest BCUT2D eigenvalue weighted by molar-refractivity contribution is 6.22. The lowest BCUT2D eigenvalue weighted by Crippen LogP contribution is -2.67. The van der Waals surface area contributed by atoms with Gasteiger partial charge in [-0.3, -0.25) is 4.79 Å². The number of nitriles is 1. The molecule has 2 aliphatic carbocycles. The zero-order valence-corrected chi connectivity index (χ0v) is 15.4. The highest BCUT2D eigenvalue weighted by Gasteiger charge is 2.73. The van der Waals surface area contributed by atoms with Crippen molar-refractivity contribution >= 4 is 23.2 Å². The second kappa shape index (κ2) is 4.77. The predicted molar refractivity (Wildman–Crippen MR) is 99.2 cm³/mol. The molecule has 4 rings (SSSR count). The molecule has 0 unspecified atom stereocenters. The minimum absolute atomic E-state index is 0.0304. The Morgan fingerprint density at radius 3 is 2.68 bits per heavy atom. The molecular formula is C21H21ClN2O. The first-order valence-corrected chi connectivity index (χ1v) is 9.04. The van der Waals surface area contributed by atoms with Crippen LogP contribution in [0.3, 0.4) is 0 Å². The van der Waals surface area contributed by atoms with Crippen molar-refractivity contribution in [2.45, 2.75) is 38.0 Å². The largest absolute Gasteiger partial charge is 0.325 e. The summed E-state index contributed by atoms with van der Waals surface area (Å²) in [4.78, 5) is 13.2. The molecule has 25 heavy (non-hydrogen) atoms. The molecule has 0 aromatic heterocycles. The number of para-hydroxylation sites is 1. The Morgan fingerprint density at radius 2 is 2.04 bits per heavy atom. The standard InChI is InChI=1S/C21H21ClN2O/c1-5-20(4)14(11-23)17-13(10-16(20)22)19(2,3)21(17)12-8-6-7-9-15(12)24-18(21)25/h5-9,13,16H,1,10H2,2-4H3,(H,24,25)/t13-,16+,20-,21+/m0/s1. The van der Waals surface area contributed by atoms with Crippen LogP contribution in [-0.4, -0.2) is 11.3 Å². The average molecular weight is 353 g/mol. The number of nitrogens with zero attached hydrogens (tertiary/aromatic N) is 1. The maximum atomic E-state index is 13.2. The van der Waals surface area contributed by atoms with Gasteiger partial charge >= 0.3 is 0 Å². The van der Waals surface area contributed by atoms with Gasteiger partial charge in [0.25, 0.3) is 0 Å². The number of hydrogen-bond acceptors (Lipinski definition) is 2. The summed E-state index contributed by atoms with van der Waals surface area (Å²) in [6.45, 7) is 10.1. The fourth-order valence-electron chi connectivity index (χ4n) is 5.40. The Hall–Kier alpha value is -2.05. The van der Waals surface area contributed by atoms with E-state index < -0.39 is 10.8 Å². The summed E-state index contributed by atoms with van der Waals surface area (Å²) in [5.41, 5.74) is 1.66. The van der Waals surface area contributed by atoms with E-state index in [1.165, 1.54) is 0 Å². The van der Waals surface area contributed by atoms with Crippen molar-refractivity contribution < 1.29 is 4.79 Å². The average Bonchev–Trinajstić information content (AvgIpc) is 2.91. The molecule has 1 N–H and O–H groups in total. The SMILES string of the molecule is C=C[C@@]1(C)C(C#N)=C2[C@H](C[C@H]1Cl)C(C)(C)[C@@]21C(=O)Nc2ccccc21. The number of allylic oxidation sites excluding steroid dienone is 2. The van der Waals surface area contributed by atoms with Crippen molar-refractivity contribution in [3.05, 3.63) is 53.6 Å². The lowest BCUT2D eigenvalue weighted by molar-refractivity contribution is -0.131. The molecule has 0 saturated heterocycles. The third-order valence-corrected chi connectivity index (χ3v) is 7.58. The minimum Gasteiger partial charge on any atom is -0.325 e. The first kappa shape index (κ1) is 16.4. The van der Waals surface area contributed by atoms with Crippen LogP contribution in [0.4, 0.5) is 5.69 Å². The second-order valence-corrected chi connectivity index (χ2v) is 8.64. The Bertz CT molecular complexity index is 893. The molecule has 1 heterocycles. The topological polar surface area (TPSA) is 52.9 Å². The number of carbonyl (C=O) groups is 1. The van der Waals surface area contributed by atoms with Gasteiger partial charge in [0.2, 0.25) is 5.91 Å². The molecule has 1 saturated carbocycles. The lowest BCUT2D eigenvalue weighted by atomic mass is 9.36. The normalized spacial score (nSPS) is 37.6. The van der Waals surface area contributed by atoms with Gasteiger partial charge in [0.1, 0.15) is 5.41 Å². The van der Waals surface area contributed by atoms with Crippen LogP contribution in [0, 0.1) is 28.1 Å². The van der Waals surface area contributed by atoms with Crippen molar-refractivity contribution in [1.82, 2.24) is 0 Å². The number of halogens is 1. The van der Waals surface area contributed by atoms with Crippen LogP contribution in [0.5, 0.6) is 0 Å². The predicted octanol–water partition coefficient (Wildman–Crippen LogP) is 4.56. The number of alkyl halides is 1. The Morgan fingerprint density at radius 1 is 1.36 bits per heavy atom. The number of fused-ring (bicyclic) bond motifs is 4.